The summed E-state index contributed by atoms with van der Waals surface area (Å²) in [5, 5.41) is 4.18. The van der Waals surface area contributed by atoms with Crippen molar-refractivity contribution in [3.05, 3.63) is 97.4 Å². The molecule has 196 valence electrons. The fraction of sp³-hybridized carbons (Fsp3) is 0.286. The van der Waals surface area contributed by atoms with Gasteiger partial charge in [0.2, 0.25) is 5.91 Å². The standard InChI is InChI=1S/C28H28BrCl3N2O3/c1-3-18(2)33-28(36)25(14-19-7-5-4-6-8-19)34(16-20-9-11-22(30)23(31)13-20)27(35)17-37-26-12-10-21(29)15-24(26)32/h4-13,15,18,25H,3,14,16-17H2,1-2H3,(H,33,36)/t18-,25-/m1/s1. The molecule has 5 nitrogen and oxygen atoms in total. The van der Waals surface area contributed by atoms with Crippen molar-refractivity contribution in [3.8, 4) is 5.75 Å². The van der Waals surface area contributed by atoms with Crippen LogP contribution in [0.2, 0.25) is 15.1 Å². The predicted molar refractivity (Wildman–Crippen MR) is 153 cm³/mol. The lowest BCUT2D eigenvalue weighted by Gasteiger charge is -2.32. The van der Waals surface area contributed by atoms with E-state index in [0.717, 1.165) is 22.0 Å². The first-order chi connectivity index (χ1) is 17.7. The van der Waals surface area contributed by atoms with E-state index in [1.165, 1.54) is 4.90 Å². The van der Waals surface area contributed by atoms with Crippen molar-refractivity contribution in [1.29, 1.82) is 0 Å². The highest BCUT2D eigenvalue weighted by atomic mass is 79.9. The van der Waals surface area contributed by atoms with E-state index in [2.05, 4.69) is 21.2 Å². The Morgan fingerprint density at radius 1 is 0.946 bits per heavy atom. The van der Waals surface area contributed by atoms with Crippen LogP contribution in [-0.2, 0) is 22.6 Å². The average molecular weight is 627 g/mol. The number of hydrogen-bond donors (Lipinski definition) is 1. The lowest BCUT2D eigenvalue weighted by atomic mass is 10.0. The van der Waals surface area contributed by atoms with E-state index in [4.69, 9.17) is 39.5 Å². The molecule has 0 saturated heterocycles. The van der Waals surface area contributed by atoms with Crippen LogP contribution < -0.4 is 10.1 Å². The van der Waals surface area contributed by atoms with Crippen LogP contribution in [0.4, 0.5) is 0 Å². The maximum atomic E-state index is 13.7. The summed E-state index contributed by atoms with van der Waals surface area (Å²) in [5.41, 5.74) is 1.66. The number of halogens is 4. The van der Waals surface area contributed by atoms with E-state index in [1.54, 1.807) is 36.4 Å². The number of carbonyl (C=O) groups excluding carboxylic acids is 2. The minimum Gasteiger partial charge on any atom is -0.482 e. The molecule has 9 heteroatoms. The Morgan fingerprint density at radius 3 is 2.32 bits per heavy atom. The Morgan fingerprint density at radius 2 is 1.68 bits per heavy atom. The van der Waals surface area contributed by atoms with Crippen molar-refractivity contribution in [2.45, 2.75) is 45.3 Å². The highest BCUT2D eigenvalue weighted by Gasteiger charge is 2.31. The Labute approximate surface area is 241 Å². The van der Waals surface area contributed by atoms with E-state index in [0.29, 0.717) is 27.2 Å². The van der Waals surface area contributed by atoms with E-state index in [-0.39, 0.29) is 31.0 Å². The molecule has 3 aromatic carbocycles. The Hall–Kier alpha value is -2.25. The summed E-state index contributed by atoms with van der Waals surface area (Å²) in [6.45, 7) is 3.76. The average Bonchev–Trinajstić information content (AvgIpc) is 2.88. The van der Waals surface area contributed by atoms with Crippen molar-refractivity contribution in [2.24, 2.45) is 0 Å². The van der Waals surface area contributed by atoms with Crippen molar-refractivity contribution in [1.82, 2.24) is 10.2 Å². The van der Waals surface area contributed by atoms with Crippen LogP contribution in [0.15, 0.2) is 71.2 Å². The maximum Gasteiger partial charge on any atom is 0.261 e. The van der Waals surface area contributed by atoms with Gasteiger partial charge in [-0.3, -0.25) is 9.59 Å². The van der Waals surface area contributed by atoms with Crippen LogP contribution >= 0.6 is 50.7 Å². The zero-order valence-electron chi connectivity index (χ0n) is 20.5. The molecule has 0 saturated carbocycles. The molecule has 3 aromatic rings. The van der Waals surface area contributed by atoms with E-state index >= 15 is 0 Å². The monoisotopic (exact) mass is 624 g/mol. The van der Waals surface area contributed by atoms with E-state index < -0.39 is 6.04 Å². The fourth-order valence-corrected chi connectivity index (χ4v) is 4.69. The lowest BCUT2D eigenvalue weighted by Crippen LogP contribution is -2.53. The van der Waals surface area contributed by atoms with Gasteiger partial charge in [-0.05, 0) is 54.8 Å². The SMILES string of the molecule is CC[C@@H](C)NC(=O)[C@@H](Cc1ccccc1)N(Cc1ccc(Cl)c(Cl)c1)C(=O)COc1ccc(Br)cc1Cl. The van der Waals surface area contributed by atoms with E-state index in [9.17, 15) is 9.59 Å². The third-order valence-electron chi connectivity index (χ3n) is 5.85. The van der Waals surface area contributed by atoms with Gasteiger partial charge < -0.3 is 15.0 Å². The molecule has 3 rings (SSSR count). The molecule has 0 radical (unpaired) electrons. The first-order valence-corrected chi connectivity index (χ1v) is 13.8. The van der Waals surface area contributed by atoms with Crippen LogP contribution in [0.5, 0.6) is 5.75 Å². The number of carbonyl (C=O) groups is 2. The number of amides is 2. The van der Waals surface area contributed by atoms with Crippen LogP contribution in [0, 0.1) is 0 Å². The second-order valence-electron chi connectivity index (χ2n) is 8.66. The Balaban J connectivity index is 1.94. The summed E-state index contributed by atoms with van der Waals surface area (Å²) < 4.78 is 6.57. The molecular formula is C28H28BrCl3N2O3. The molecule has 0 bridgehead atoms. The van der Waals surface area contributed by atoms with Crippen LogP contribution in [-0.4, -0.2) is 35.4 Å². The van der Waals surface area contributed by atoms with Gasteiger partial charge in [-0.15, -0.1) is 0 Å². The third kappa shape index (κ3) is 8.64. The molecule has 37 heavy (non-hydrogen) atoms. The van der Waals surface area contributed by atoms with Crippen molar-refractivity contribution in [2.75, 3.05) is 6.61 Å². The largest absolute Gasteiger partial charge is 0.482 e. The summed E-state index contributed by atoms with van der Waals surface area (Å²) >= 11 is 22.0. The van der Waals surface area contributed by atoms with Gasteiger partial charge in [-0.1, -0.05) is 94.1 Å². The second kappa shape index (κ2) is 14.1. The molecule has 0 aromatic heterocycles. The zero-order valence-corrected chi connectivity index (χ0v) is 24.4. The van der Waals surface area contributed by atoms with Gasteiger partial charge in [0, 0.05) is 23.5 Å². The quantitative estimate of drug-likeness (QED) is 0.242. The molecule has 0 fully saturated rings. The van der Waals surface area contributed by atoms with Crippen LogP contribution in [0.1, 0.15) is 31.4 Å². The molecule has 0 aliphatic rings. The molecule has 0 heterocycles. The molecule has 1 N–H and O–H groups in total. The molecule has 0 unspecified atom stereocenters. The maximum absolute atomic E-state index is 13.7. The molecule has 2 atom stereocenters. The summed E-state index contributed by atoms with van der Waals surface area (Å²) in [4.78, 5) is 28.7. The first-order valence-electron chi connectivity index (χ1n) is 11.8. The van der Waals surface area contributed by atoms with Crippen molar-refractivity contribution in [3.63, 3.8) is 0 Å². The molecule has 0 spiro atoms. The molecule has 2 amide bonds. The van der Waals surface area contributed by atoms with Gasteiger partial charge in [0.1, 0.15) is 11.8 Å². The Kier molecular flexibility index (Phi) is 11.1. The third-order valence-corrected chi connectivity index (χ3v) is 7.38. The number of rotatable bonds is 11. The first kappa shape index (κ1) is 29.3. The number of ether oxygens (including phenoxy) is 1. The predicted octanol–water partition coefficient (Wildman–Crippen LogP) is 7.34. The zero-order chi connectivity index (χ0) is 26.9. The second-order valence-corrected chi connectivity index (χ2v) is 10.8. The van der Waals surface area contributed by atoms with Crippen LogP contribution in [0.3, 0.4) is 0 Å². The molecule has 0 aliphatic heterocycles. The van der Waals surface area contributed by atoms with Crippen molar-refractivity contribution >= 4 is 62.5 Å². The number of nitrogens with zero attached hydrogens (tertiary/aromatic N) is 1. The number of nitrogens with one attached hydrogen (secondary N) is 1. The van der Waals surface area contributed by atoms with Crippen molar-refractivity contribution < 1.29 is 14.3 Å². The lowest BCUT2D eigenvalue weighted by molar-refractivity contribution is -0.143. The summed E-state index contributed by atoms with van der Waals surface area (Å²) in [7, 11) is 0. The van der Waals surface area contributed by atoms with Gasteiger partial charge in [-0.2, -0.15) is 0 Å². The summed E-state index contributed by atoms with van der Waals surface area (Å²) in [6.07, 6.45) is 1.09. The van der Waals surface area contributed by atoms with Gasteiger partial charge in [-0.25, -0.2) is 0 Å². The normalized spacial score (nSPS) is 12.5. The summed E-state index contributed by atoms with van der Waals surface area (Å²) in [6, 6.07) is 19.0. The number of benzene rings is 3. The topological polar surface area (TPSA) is 58.6 Å². The molecule has 0 aliphatic carbocycles. The number of hydrogen-bond acceptors (Lipinski definition) is 3. The smallest absolute Gasteiger partial charge is 0.261 e. The van der Waals surface area contributed by atoms with Gasteiger partial charge >= 0.3 is 0 Å². The summed E-state index contributed by atoms with van der Waals surface area (Å²) in [5.74, 6) is -0.241. The minimum atomic E-state index is -0.789. The van der Waals surface area contributed by atoms with Gasteiger partial charge in [0.15, 0.2) is 6.61 Å². The minimum absolute atomic E-state index is 0.0504. The van der Waals surface area contributed by atoms with Gasteiger partial charge in [0.25, 0.3) is 5.91 Å². The van der Waals surface area contributed by atoms with Gasteiger partial charge in [0.05, 0.1) is 15.1 Å². The van der Waals surface area contributed by atoms with E-state index in [1.807, 2.05) is 44.2 Å². The molecular weight excluding hydrogens is 599 g/mol. The highest BCUT2D eigenvalue weighted by Crippen LogP contribution is 2.28. The van der Waals surface area contributed by atoms with Crippen LogP contribution in [0.25, 0.3) is 0 Å². The fourth-order valence-electron chi connectivity index (χ4n) is 3.64. The Bertz CT molecular complexity index is 1230. The highest BCUT2D eigenvalue weighted by molar-refractivity contribution is 9.10.